The lowest BCUT2D eigenvalue weighted by Gasteiger charge is -2.62. The van der Waals surface area contributed by atoms with Crippen LogP contribution in [-0.4, -0.2) is 52.0 Å². The van der Waals surface area contributed by atoms with Gasteiger partial charge in [0.15, 0.2) is 6.29 Å². The van der Waals surface area contributed by atoms with Crippen molar-refractivity contribution in [2.45, 2.75) is 90.3 Å². The van der Waals surface area contributed by atoms with Crippen LogP contribution in [0.15, 0.2) is 11.6 Å². The molecule has 154 valence electrons. The van der Waals surface area contributed by atoms with Crippen molar-refractivity contribution in [2.24, 2.45) is 16.7 Å². The lowest BCUT2D eigenvalue weighted by Crippen LogP contribution is -2.70. The Morgan fingerprint density at radius 2 is 2.00 bits per heavy atom. The van der Waals surface area contributed by atoms with Crippen LogP contribution in [0.25, 0.3) is 0 Å². The van der Waals surface area contributed by atoms with Gasteiger partial charge in [-0.3, -0.25) is 4.79 Å². The summed E-state index contributed by atoms with van der Waals surface area (Å²) in [6.07, 6.45) is 3.38. The van der Waals surface area contributed by atoms with Crippen LogP contribution in [0.1, 0.15) is 66.2 Å². The molecule has 0 unspecified atom stereocenters. The molecule has 27 heavy (non-hydrogen) atoms. The Kier molecular flexibility index (Phi) is 5.49. The molecule has 2 aliphatic carbocycles. The van der Waals surface area contributed by atoms with E-state index in [1.54, 1.807) is 13.0 Å². The highest BCUT2D eigenvalue weighted by atomic mass is 16.6. The zero-order chi connectivity index (χ0) is 20.0. The van der Waals surface area contributed by atoms with Crippen LogP contribution in [0.2, 0.25) is 0 Å². The fourth-order valence-corrected chi connectivity index (χ4v) is 5.73. The van der Waals surface area contributed by atoms with E-state index in [1.807, 2.05) is 0 Å². The van der Waals surface area contributed by atoms with Crippen molar-refractivity contribution in [1.82, 2.24) is 0 Å². The number of carbonyl (C=O) groups excluding carboxylic acids is 1. The van der Waals surface area contributed by atoms with Gasteiger partial charge in [-0.1, -0.05) is 40.5 Å². The molecule has 0 aromatic heterocycles. The molecule has 6 nitrogen and oxygen atoms in total. The summed E-state index contributed by atoms with van der Waals surface area (Å²) in [7, 11) is 0. The number of esters is 1. The van der Waals surface area contributed by atoms with Crippen LogP contribution in [0.4, 0.5) is 0 Å². The normalized spacial score (nSPS) is 42.9. The van der Waals surface area contributed by atoms with Crippen molar-refractivity contribution in [3.8, 4) is 0 Å². The van der Waals surface area contributed by atoms with Gasteiger partial charge in [0.1, 0.15) is 11.7 Å². The smallest absolute Gasteiger partial charge is 0.306 e. The molecule has 0 amide bonds. The number of ether oxygens (including phenoxy) is 2. The monoisotopic (exact) mass is 382 g/mol. The van der Waals surface area contributed by atoms with Crippen molar-refractivity contribution >= 4 is 5.97 Å². The molecule has 6 atom stereocenters. The minimum atomic E-state index is -1.68. The molecule has 0 bridgehead atoms. The summed E-state index contributed by atoms with van der Waals surface area (Å²) >= 11 is 0. The van der Waals surface area contributed by atoms with E-state index in [2.05, 4.69) is 20.8 Å². The summed E-state index contributed by atoms with van der Waals surface area (Å²) in [5, 5.41) is 32.9. The van der Waals surface area contributed by atoms with Gasteiger partial charge < -0.3 is 24.8 Å². The second kappa shape index (κ2) is 7.14. The van der Waals surface area contributed by atoms with Crippen LogP contribution < -0.4 is 0 Å². The summed E-state index contributed by atoms with van der Waals surface area (Å²) in [6.45, 7) is 8.10. The third-order valence-corrected chi connectivity index (χ3v) is 7.25. The molecule has 0 aromatic carbocycles. The summed E-state index contributed by atoms with van der Waals surface area (Å²) in [6, 6.07) is 0. The zero-order valence-electron chi connectivity index (χ0n) is 16.9. The number of unbranched alkanes of at least 4 members (excludes halogenated alkanes) is 2. The van der Waals surface area contributed by atoms with Crippen molar-refractivity contribution in [2.75, 3.05) is 6.61 Å². The van der Waals surface area contributed by atoms with Crippen LogP contribution in [-0.2, 0) is 14.3 Å². The van der Waals surface area contributed by atoms with E-state index in [0.717, 1.165) is 25.7 Å². The molecular weight excluding hydrogens is 348 g/mol. The van der Waals surface area contributed by atoms with Gasteiger partial charge in [-0.05, 0) is 36.3 Å². The lowest BCUT2D eigenvalue weighted by molar-refractivity contribution is -0.272. The van der Waals surface area contributed by atoms with Crippen molar-refractivity contribution in [3.05, 3.63) is 11.6 Å². The van der Waals surface area contributed by atoms with Gasteiger partial charge in [-0.15, -0.1) is 0 Å². The molecule has 6 heteroatoms. The third-order valence-electron chi connectivity index (χ3n) is 7.25. The number of fused-ring (bicyclic) bond motifs is 3. The fraction of sp³-hybridized carbons (Fsp3) is 0.857. The Balaban J connectivity index is 1.99. The van der Waals surface area contributed by atoms with E-state index >= 15 is 0 Å². The topological polar surface area (TPSA) is 96.2 Å². The molecule has 0 radical (unpaired) electrons. The minimum absolute atomic E-state index is 0.0665. The SMILES string of the molecule is CCCCCC(=O)O[C@@H]1C=C2CO[C@H](O)[C@@]2(O)[C@]2(C)[C@H]1C(C)(C)CC[C@@H]2O. The molecule has 1 heterocycles. The van der Waals surface area contributed by atoms with Gasteiger partial charge in [0, 0.05) is 17.8 Å². The quantitative estimate of drug-likeness (QED) is 0.384. The predicted octanol–water partition coefficient (Wildman–Crippen LogP) is 2.30. The van der Waals surface area contributed by atoms with Gasteiger partial charge in [0.05, 0.1) is 12.7 Å². The van der Waals surface area contributed by atoms with E-state index in [9.17, 15) is 20.1 Å². The molecule has 0 spiro atoms. The minimum Gasteiger partial charge on any atom is -0.458 e. The molecule has 1 saturated heterocycles. The highest BCUT2D eigenvalue weighted by Gasteiger charge is 2.71. The maximum Gasteiger partial charge on any atom is 0.306 e. The maximum atomic E-state index is 12.4. The van der Waals surface area contributed by atoms with Gasteiger partial charge in [-0.25, -0.2) is 0 Å². The zero-order valence-corrected chi connectivity index (χ0v) is 16.9. The summed E-state index contributed by atoms with van der Waals surface area (Å²) in [5.74, 6) is -0.595. The second-order valence-electron chi connectivity index (χ2n) is 9.34. The molecular formula is C21H34O6. The Morgan fingerprint density at radius 3 is 2.67 bits per heavy atom. The second-order valence-corrected chi connectivity index (χ2v) is 9.34. The highest BCUT2D eigenvalue weighted by Crippen LogP contribution is 2.63. The lowest BCUT2D eigenvalue weighted by atomic mass is 9.45. The number of rotatable bonds is 5. The number of aliphatic hydroxyl groups excluding tert-OH is 2. The van der Waals surface area contributed by atoms with Gasteiger partial charge in [-0.2, -0.15) is 0 Å². The van der Waals surface area contributed by atoms with Gasteiger partial charge >= 0.3 is 5.97 Å². The van der Waals surface area contributed by atoms with Crippen LogP contribution >= 0.6 is 0 Å². The number of hydrogen-bond donors (Lipinski definition) is 3. The molecule has 0 aromatic rings. The Labute approximate surface area is 161 Å². The van der Waals surface area contributed by atoms with Crippen molar-refractivity contribution in [1.29, 1.82) is 0 Å². The first-order chi connectivity index (χ1) is 12.6. The Morgan fingerprint density at radius 1 is 1.30 bits per heavy atom. The van der Waals surface area contributed by atoms with Crippen LogP contribution in [0.5, 0.6) is 0 Å². The summed E-state index contributed by atoms with van der Waals surface area (Å²) in [4.78, 5) is 12.4. The van der Waals surface area contributed by atoms with Crippen LogP contribution in [0.3, 0.4) is 0 Å². The Bertz CT molecular complexity index is 614. The first kappa shape index (κ1) is 20.8. The third kappa shape index (κ3) is 3.05. The van der Waals surface area contributed by atoms with E-state index in [4.69, 9.17) is 9.47 Å². The fourth-order valence-electron chi connectivity index (χ4n) is 5.73. The largest absolute Gasteiger partial charge is 0.458 e. The van der Waals surface area contributed by atoms with E-state index in [1.165, 1.54) is 0 Å². The highest BCUT2D eigenvalue weighted by molar-refractivity contribution is 5.70. The number of carbonyl (C=O) groups is 1. The van der Waals surface area contributed by atoms with Gasteiger partial charge in [0.2, 0.25) is 0 Å². The first-order valence-corrected chi connectivity index (χ1v) is 10.2. The average molecular weight is 382 g/mol. The molecule has 1 saturated carbocycles. The maximum absolute atomic E-state index is 12.4. The average Bonchev–Trinajstić information content (AvgIpc) is 2.88. The molecule has 3 aliphatic rings. The summed E-state index contributed by atoms with van der Waals surface area (Å²) in [5.41, 5.74) is -2.55. The number of hydrogen-bond acceptors (Lipinski definition) is 6. The molecule has 3 N–H and O–H groups in total. The van der Waals surface area contributed by atoms with E-state index in [-0.39, 0.29) is 23.9 Å². The van der Waals surface area contributed by atoms with Crippen molar-refractivity contribution < 1.29 is 29.6 Å². The summed E-state index contributed by atoms with van der Waals surface area (Å²) < 4.78 is 11.2. The van der Waals surface area contributed by atoms with Gasteiger partial charge in [0.25, 0.3) is 0 Å². The van der Waals surface area contributed by atoms with E-state index in [0.29, 0.717) is 18.4 Å². The first-order valence-electron chi connectivity index (χ1n) is 10.2. The molecule has 2 fully saturated rings. The molecule has 1 aliphatic heterocycles. The predicted molar refractivity (Wildman–Crippen MR) is 99.6 cm³/mol. The number of aliphatic hydroxyl groups is 3. The standard InChI is InChI=1S/C21H34O6/c1-5-6-7-8-16(23)27-14-11-13-12-26-18(24)21(13,25)20(4)15(22)9-10-19(2,3)17(14)20/h11,14-15,17-18,22,24-25H,5-10,12H2,1-4H3/t14-,15+,17-,18+,20+,21-/m1/s1. The van der Waals surface area contributed by atoms with Crippen molar-refractivity contribution in [3.63, 3.8) is 0 Å². The van der Waals surface area contributed by atoms with E-state index < -0.39 is 29.5 Å². The van der Waals surface area contributed by atoms with Crippen LogP contribution in [0, 0.1) is 16.7 Å². The molecule has 3 rings (SSSR count). The Hall–Kier alpha value is -0.950.